The first-order chi connectivity index (χ1) is 9.49. The van der Waals surface area contributed by atoms with Crippen molar-refractivity contribution >= 4 is 5.82 Å². The minimum atomic E-state index is 0.155. The van der Waals surface area contributed by atoms with E-state index in [0.29, 0.717) is 5.88 Å². The molecule has 0 amide bonds. The van der Waals surface area contributed by atoms with E-state index in [1.54, 1.807) is 0 Å². The molecule has 0 bridgehead atoms. The van der Waals surface area contributed by atoms with E-state index in [1.165, 1.54) is 5.56 Å². The molecule has 1 N–H and O–H groups in total. The lowest BCUT2D eigenvalue weighted by atomic mass is 9.87. The fraction of sp³-hybridized carbons (Fsp3) is 0.353. The quantitative estimate of drug-likeness (QED) is 0.881. The van der Waals surface area contributed by atoms with Crippen molar-refractivity contribution in [3.05, 3.63) is 48.0 Å². The summed E-state index contributed by atoms with van der Waals surface area (Å²) in [5.41, 5.74) is 1.45. The molecule has 0 aliphatic heterocycles. The van der Waals surface area contributed by atoms with E-state index >= 15 is 0 Å². The molecule has 0 atom stereocenters. The lowest BCUT2D eigenvalue weighted by Gasteiger charge is -2.19. The molecular weight excluding hydrogens is 248 g/mol. The second-order valence-electron chi connectivity index (χ2n) is 5.77. The first-order valence-electron chi connectivity index (χ1n) is 6.98. The van der Waals surface area contributed by atoms with E-state index in [-0.39, 0.29) is 5.41 Å². The maximum Gasteiger partial charge on any atom is 0.221 e. The summed E-state index contributed by atoms with van der Waals surface area (Å²) >= 11 is 0. The van der Waals surface area contributed by atoms with Crippen LogP contribution in [0.25, 0.3) is 0 Å². The topological polar surface area (TPSA) is 34.1 Å². The van der Waals surface area contributed by atoms with Crippen molar-refractivity contribution in [1.82, 2.24) is 4.98 Å². The van der Waals surface area contributed by atoms with Crippen molar-refractivity contribution in [2.75, 3.05) is 11.9 Å². The van der Waals surface area contributed by atoms with Gasteiger partial charge in [0.25, 0.3) is 0 Å². The van der Waals surface area contributed by atoms with Crippen molar-refractivity contribution < 1.29 is 4.74 Å². The normalized spacial score (nSPS) is 11.2. The van der Waals surface area contributed by atoms with Crippen molar-refractivity contribution in [2.45, 2.75) is 33.1 Å². The number of ether oxygens (including phenoxy) is 1. The molecule has 0 saturated carbocycles. The second kappa shape index (κ2) is 5.95. The Labute approximate surface area is 121 Å². The van der Waals surface area contributed by atoms with Crippen LogP contribution in [0.5, 0.6) is 11.6 Å². The second-order valence-corrected chi connectivity index (χ2v) is 5.77. The van der Waals surface area contributed by atoms with Gasteiger partial charge in [0.2, 0.25) is 5.88 Å². The number of rotatable bonds is 4. The average Bonchev–Trinajstić information content (AvgIpc) is 2.39. The highest BCUT2D eigenvalue weighted by molar-refractivity contribution is 5.39. The average molecular weight is 270 g/mol. The van der Waals surface area contributed by atoms with Crippen molar-refractivity contribution in [2.24, 2.45) is 0 Å². The van der Waals surface area contributed by atoms with Crippen LogP contribution in [0.15, 0.2) is 42.5 Å². The lowest BCUT2D eigenvalue weighted by molar-refractivity contribution is 0.462. The summed E-state index contributed by atoms with van der Waals surface area (Å²) < 4.78 is 5.78. The number of aromatic nitrogens is 1. The predicted molar refractivity (Wildman–Crippen MR) is 83.6 cm³/mol. The van der Waals surface area contributed by atoms with Crippen LogP contribution in [0, 0.1) is 0 Å². The Morgan fingerprint density at radius 1 is 1.05 bits per heavy atom. The van der Waals surface area contributed by atoms with Gasteiger partial charge in [0, 0.05) is 12.6 Å². The van der Waals surface area contributed by atoms with E-state index in [1.807, 2.05) is 37.3 Å². The molecule has 20 heavy (non-hydrogen) atoms. The number of pyridine rings is 1. The zero-order valence-electron chi connectivity index (χ0n) is 12.6. The molecule has 3 nitrogen and oxygen atoms in total. The number of anilines is 1. The standard InChI is InChI=1S/C17H22N2O/c1-5-18-15-7-6-8-16(19-15)20-14-11-9-13(10-12-14)17(2,3)4/h6-12H,5H2,1-4H3,(H,18,19). The highest BCUT2D eigenvalue weighted by atomic mass is 16.5. The minimum Gasteiger partial charge on any atom is -0.439 e. The highest BCUT2D eigenvalue weighted by Crippen LogP contribution is 2.26. The Bertz CT molecular complexity index is 556. The van der Waals surface area contributed by atoms with E-state index in [0.717, 1.165) is 18.1 Å². The van der Waals surface area contributed by atoms with Gasteiger partial charge in [-0.2, -0.15) is 4.98 Å². The van der Waals surface area contributed by atoms with Crippen LogP contribution >= 0.6 is 0 Å². The Balaban J connectivity index is 2.12. The van der Waals surface area contributed by atoms with E-state index in [4.69, 9.17) is 4.74 Å². The van der Waals surface area contributed by atoms with Gasteiger partial charge >= 0.3 is 0 Å². The largest absolute Gasteiger partial charge is 0.439 e. The molecule has 1 aromatic heterocycles. The van der Waals surface area contributed by atoms with Crippen LogP contribution in [0.3, 0.4) is 0 Å². The zero-order chi connectivity index (χ0) is 14.6. The van der Waals surface area contributed by atoms with Crippen LogP contribution < -0.4 is 10.1 Å². The molecule has 1 heterocycles. The van der Waals surface area contributed by atoms with Gasteiger partial charge < -0.3 is 10.1 Å². The summed E-state index contributed by atoms with van der Waals surface area (Å²) in [7, 11) is 0. The van der Waals surface area contributed by atoms with Gasteiger partial charge in [-0.1, -0.05) is 39.0 Å². The summed E-state index contributed by atoms with van der Waals surface area (Å²) in [5, 5.41) is 3.17. The van der Waals surface area contributed by atoms with Gasteiger partial charge in [0.15, 0.2) is 0 Å². The summed E-state index contributed by atoms with van der Waals surface area (Å²) in [5.74, 6) is 2.24. The predicted octanol–water partition coefficient (Wildman–Crippen LogP) is 4.60. The summed E-state index contributed by atoms with van der Waals surface area (Å²) in [6.45, 7) is 9.48. The highest BCUT2D eigenvalue weighted by Gasteiger charge is 2.13. The number of nitrogens with zero attached hydrogens (tertiary/aromatic N) is 1. The smallest absolute Gasteiger partial charge is 0.221 e. The van der Waals surface area contributed by atoms with E-state index in [2.05, 4.69) is 43.2 Å². The fourth-order valence-electron chi connectivity index (χ4n) is 1.89. The first kappa shape index (κ1) is 14.4. The van der Waals surface area contributed by atoms with Crippen LogP contribution in [-0.4, -0.2) is 11.5 Å². The van der Waals surface area contributed by atoms with Gasteiger partial charge in [-0.3, -0.25) is 0 Å². The SMILES string of the molecule is CCNc1cccc(Oc2ccc(C(C)(C)C)cc2)n1. The van der Waals surface area contributed by atoms with Gasteiger partial charge in [0.1, 0.15) is 11.6 Å². The summed E-state index contributed by atoms with van der Waals surface area (Å²) in [6.07, 6.45) is 0. The minimum absolute atomic E-state index is 0.155. The first-order valence-corrected chi connectivity index (χ1v) is 6.98. The van der Waals surface area contributed by atoms with Crippen molar-refractivity contribution in [3.63, 3.8) is 0 Å². The number of nitrogens with one attached hydrogen (secondary N) is 1. The van der Waals surface area contributed by atoms with Gasteiger partial charge in [-0.05, 0) is 36.1 Å². The molecule has 0 fully saturated rings. The van der Waals surface area contributed by atoms with Gasteiger partial charge in [-0.25, -0.2) is 0 Å². The molecular formula is C17H22N2O. The zero-order valence-corrected chi connectivity index (χ0v) is 12.6. The van der Waals surface area contributed by atoms with Crippen LogP contribution in [0.2, 0.25) is 0 Å². The van der Waals surface area contributed by atoms with Crippen molar-refractivity contribution in [3.8, 4) is 11.6 Å². The summed E-state index contributed by atoms with van der Waals surface area (Å²) in [6, 6.07) is 13.9. The molecule has 0 unspecified atom stereocenters. The Kier molecular flexibility index (Phi) is 4.28. The van der Waals surface area contributed by atoms with Gasteiger partial charge in [-0.15, -0.1) is 0 Å². The maximum absolute atomic E-state index is 5.78. The molecule has 0 spiro atoms. The molecule has 2 aromatic rings. The number of hydrogen-bond donors (Lipinski definition) is 1. The monoisotopic (exact) mass is 270 g/mol. The third kappa shape index (κ3) is 3.73. The molecule has 1 aromatic carbocycles. The molecule has 106 valence electrons. The number of hydrogen-bond acceptors (Lipinski definition) is 3. The Hall–Kier alpha value is -2.03. The molecule has 0 radical (unpaired) electrons. The third-order valence-electron chi connectivity index (χ3n) is 3.02. The van der Waals surface area contributed by atoms with E-state index < -0.39 is 0 Å². The number of benzene rings is 1. The third-order valence-corrected chi connectivity index (χ3v) is 3.02. The summed E-state index contributed by atoms with van der Waals surface area (Å²) in [4.78, 5) is 4.40. The van der Waals surface area contributed by atoms with Crippen LogP contribution in [0.4, 0.5) is 5.82 Å². The Morgan fingerprint density at radius 3 is 2.35 bits per heavy atom. The maximum atomic E-state index is 5.78. The molecule has 3 heteroatoms. The fourth-order valence-corrected chi connectivity index (χ4v) is 1.89. The molecule has 0 aliphatic rings. The van der Waals surface area contributed by atoms with Crippen molar-refractivity contribution in [1.29, 1.82) is 0 Å². The van der Waals surface area contributed by atoms with E-state index in [9.17, 15) is 0 Å². The lowest BCUT2D eigenvalue weighted by Crippen LogP contribution is -2.10. The molecule has 2 rings (SSSR count). The molecule has 0 saturated heterocycles. The molecule has 0 aliphatic carbocycles. The van der Waals surface area contributed by atoms with Gasteiger partial charge in [0.05, 0.1) is 0 Å². The van der Waals surface area contributed by atoms with Crippen LogP contribution in [-0.2, 0) is 5.41 Å². The Morgan fingerprint density at radius 2 is 1.75 bits per heavy atom. The van der Waals surface area contributed by atoms with Crippen LogP contribution in [0.1, 0.15) is 33.3 Å².